The second kappa shape index (κ2) is 6.00. The van der Waals surface area contributed by atoms with Gasteiger partial charge in [-0.2, -0.15) is 0 Å². The van der Waals surface area contributed by atoms with Crippen molar-refractivity contribution in [3.05, 3.63) is 22.2 Å². The van der Waals surface area contributed by atoms with Crippen LogP contribution in [0.1, 0.15) is 25.7 Å². The summed E-state index contributed by atoms with van der Waals surface area (Å²) in [6, 6.07) is 3.94. The molecule has 3 nitrogen and oxygen atoms in total. The normalized spacial score (nSPS) is 15.5. The van der Waals surface area contributed by atoms with Crippen LogP contribution in [0.25, 0.3) is 0 Å². The predicted molar refractivity (Wildman–Crippen MR) is 77.6 cm³/mol. The van der Waals surface area contributed by atoms with Crippen LogP contribution < -0.4 is 10.6 Å². The smallest absolute Gasteiger partial charge is 0.0749 e. The van der Waals surface area contributed by atoms with E-state index in [4.69, 9.17) is 34.0 Å². The van der Waals surface area contributed by atoms with Crippen LogP contribution in [0.4, 0.5) is 11.4 Å². The topological polar surface area (TPSA) is 49.5 Å². The molecule has 0 bridgehead atoms. The lowest BCUT2D eigenvalue weighted by molar-refractivity contribution is 0.283. The van der Waals surface area contributed by atoms with Gasteiger partial charge in [0.2, 0.25) is 0 Å². The predicted octanol–water partition coefficient (Wildman–Crippen LogP) is 3.32. The minimum absolute atomic E-state index is 0.174. The van der Waals surface area contributed by atoms with E-state index in [1.54, 1.807) is 12.1 Å². The second-order valence-corrected chi connectivity index (χ2v) is 5.50. The third-order valence-electron chi connectivity index (χ3n) is 3.40. The minimum atomic E-state index is 0.174. The van der Waals surface area contributed by atoms with Gasteiger partial charge in [-0.05, 0) is 37.8 Å². The van der Waals surface area contributed by atoms with E-state index in [0.717, 1.165) is 25.1 Å². The monoisotopic (exact) mass is 288 g/mol. The van der Waals surface area contributed by atoms with E-state index in [1.807, 2.05) is 0 Å². The van der Waals surface area contributed by atoms with Gasteiger partial charge in [-0.1, -0.05) is 23.2 Å². The Labute approximate surface area is 117 Å². The van der Waals surface area contributed by atoms with Gasteiger partial charge in [-0.25, -0.2) is 0 Å². The van der Waals surface area contributed by atoms with Crippen molar-refractivity contribution in [1.29, 1.82) is 0 Å². The van der Waals surface area contributed by atoms with E-state index < -0.39 is 0 Å². The molecule has 18 heavy (non-hydrogen) atoms. The fraction of sp³-hybridized carbons (Fsp3) is 0.538. The summed E-state index contributed by atoms with van der Waals surface area (Å²) < 4.78 is 0. The van der Waals surface area contributed by atoms with Gasteiger partial charge in [0.25, 0.3) is 0 Å². The van der Waals surface area contributed by atoms with Gasteiger partial charge in [0.05, 0.1) is 15.7 Å². The molecule has 0 aliphatic heterocycles. The van der Waals surface area contributed by atoms with Crippen molar-refractivity contribution in [2.75, 3.05) is 23.8 Å². The van der Waals surface area contributed by atoms with Gasteiger partial charge < -0.3 is 15.7 Å². The highest BCUT2D eigenvalue weighted by molar-refractivity contribution is 6.39. The molecular weight excluding hydrogens is 271 g/mol. The molecule has 0 aromatic heterocycles. The number of hydrogen-bond acceptors (Lipinski definition) is 3. The number of anilines is 2. The van der Waals surface area contributed by atoms with Gasteiger partial charge in [-0.3, -0.25) is 0 Å². The first kappa shape index (κ1) is 13.8. The lowest BCUT2D eigenvalue weighted by atomic mass is 9.91. The standard InChI is InChI=1S/C13H18Cl2N2O/c14-11-7-9(16)8-12(15)13(11)17(5-2-6-18)10-3-1-4-10/h7-8,10,18H,1-6,16H2. The van der Waals surface area contributed by atoms with Crippen LogP contribution in [0.3, 0.4) is 0 Å². The zero-order valence-electron chi connectivity index (χ0n) is 10.2. The third-order valence-corrected chi connectivity index (χ3v) is 3.98. The van der Waals surface area contributed by atoms with Gasteiger partial charge in [0.1, 0.15) is 0 Å². The van der Waals surface area contributed by atoms with Crippen LogP contribution in [-0.4, -0.2) is 24.3 Å². The lowest BCUT2D eigenvalue weighted by Crippen LogP contribution is -2.41. The molecule has 1 fully saturated rings. The quantitative estimate of drug-likeness (QED) is 0.818. The number of aliphatic hydroxyl groups is 1. The number of nitrogens with zero attached hydrogens (tertiary/aromatic N) is 1. The number of nitrogens with two attached hydrogens (primary N) is 1. The Morgan fingerprint density at radius 2 is 1.89 bits per heavy atom. The van der Waals surface area contributed by atoms with Crippen molar-refractivity contribution in [2.24, 2.45) is 0 Å². The second-order valence-electron chi connectivity index (χ2n) is 4.69. The highest BCUT2D eigenvalue weighted by Crippen LogP contribution is 2.40. The summed E-state index contributed by atoms with van der Waals surface area (Å²) in [6.07, 6.45) is 4.27. The highest BCUT2D eigenvalue weighted by atomic mass is 35.5. The molecule has 0 amide bonds. The molecule has 1 aliphatic carbocycles. The van der Waals surface area contributed by atoms with Crippen molar-refractivity contribution >= 4 is 34.6 Å². The largest absolute Gasteiger partial charge is 0.399 e. The molecule has 3 N–H and O–H groups in total. The number of halogens is 2. The van der Waals surface area contributed by atoms with Crippen molar-refractivity contribution in [3.63, 3.8) is 0 Å². The molecule has 0 spiro atoms. The summed E-state index contributed by atoms with van der Waals surface area (Å²) in [5.74, 6) is 0. The van der Waals surface area contributed by atoms with Crippen molar-refractivity contribution < 1.29 is 5.11 Å². The van der Waals surface area contributed by atoms with Crippen LogP contribution in [0.15, 0.2) is 12.1 Å². The van der Waals surface area contributed by atoms with E-state index in [0.29, 0.717) is 28.2 Å². The van der Waals surface area contributed by atoms with E-state index in [1.165, 1.54) is 6.42 Å². The molecule has 1 aliphatic rings. The Hall–Kier alpha value is -0.640. The fourth-order valence-corrected chi connectivity index (χ4v) is 3.00. The van der Waals surface area contributed by atoms with E-state index >= 15 is 0 Å². The molecule has 0 unspecified atom stereocenters. The summed E-state index contributed by atoms with van der Waals surface area (Å²) in [5.41, 5.74) is 7.15. The lowest BCUT2D eigenvalue weighted by Gasteiger charge is -2.40. The van der Waals surface area contributed by atoms with Crippen molar-refractivity contribution in [2.45, 2.75) is 31.7 Å². The maximum absolute atomic E-state index is 9.00. The molecule has 5 heteroatoms. The molecule has 2 rings (SSSR count). The highest BCUT2D eigenvalue weighted by Gasteiger charge is 2.27. The number of benzene rings is 1. The average molecular weight is 289 g/mol. The minimum Gasteiger partial charge on any atom is -0.399 e. The molecule has 1 aromatic rings. The maximum atomic E-state index is 9.00. The number of rotatable bonds is 5. The molecule has 0 heterocycles. The number of nitrogen functional groups attached to an aromatic ring is 1. The Morgan fingerprint density at radius 1 is 1.28 bits per heavy atom. The Balaban J connectivity index is 2.28. The summed E-state index contributed by atoms with van der Waals surface area (Å²) in [6.45, 7) is 0.942. The molecule has 0 atom stereocenters. The molecule has 1 aromatic carbocycles. The van der Waals surface area contributed by atoms with Crippen LogP contribution in [0.5, 0.6) is 0 Å². The number of hydrogen-bond donors (Lipinski definition) is 2. The van der Waals surface area contributed by atoms with Crippen LogP contribution in [0, 0.1) is 0 Å². The van der Waals surface area contributed by atoms with Gasteiger partial charge >= 0.3 is 0 Å². The van der Waals surface area contributed by atoms with E-state index in [9.17, 15) is 0 Å². The number of aliphatic hydroxyl groups excluding tert-OH is 1. The first-order valence-corrected chi connectivity index (χ1v) is 7.01. The van der Waals surface area contributed by atoms with Crippen molar-refractivity contribution in [1.82, 2.24) is 0 Å². The summed E-state index contributed by atoms with van der Waals surface area (Å²) in [4.78, 5) is 2.21. The summed E-state index contributed by atoms with van der Waals surface area (Å²) in [7, 11) is 0. The van der Waals surface area contributed by atoms with Crippen molar-refractivity contribution in [3.8, 4) is 0 Å². The van der Waals surface area contributed by atoms with Gasteiger partial charge in [0.15, 0.2) is 0 Å². The SMILES string of the molecule is Nc1cc(Cl)c(N(CCCO)C2CCC2)c(Cl)c1. The van der Waals surface area contributed by atoms with E-state index in [2.05, 4.69) is 4.90 Å². The molecule has 0 saturated heterocycles. The first-order chi connectivity index (χ1) is 8.63. The Bertz CT molecular complexity index is 398. The van der Waals surface area contributed by atoms with Crippen LogP contribution >= 0.6 is 23.2 Å². The van der Waals surface area contributed by atoms with Gasteiger partial charge in [0, 0.05) is 24.9 Å². The van der Waals surface area contributed by atoms with Crippen LogP contribution in [-0.2, 0) is 0 Å². The maximum Gasteiger partial charge on any atom is 0.0749 e. The first-order valence-electron chi connectivity index (χ1n) is 6.25. The summed E-state index contributed by atoms with van der Waals surface area (Å²) >= 11 is 12.5. The molecular formula is C13H18Cl2N2O. The Kier molecular flexibility index (Phi) is 4.60. The van der Waals surface area contributed by atoms with Crippen LogP contribution in [0.2, 0.25) is 10.0 Å². The molecule has 100 valence electrons. The molecule has 1 saturated carbocycles. The van der Waals surface area contributed by atoms with E-state index in [-0.39, 0.29) is 6.61 Å². The molecule has 0 radical (unpaired) electrons. The fourth-order valence-electron chi connectivity index (χ4n) is 2.28. The third kappa shape index (κ3) is 2.85. The zero-order chi connectivity index (χ0) is 13.1. The Morgan fingerprint density at radius 3 is 2.33 bits per heavy atom. The zero-order valence-corrected chi connectivity index (χ0v) is 11.7. The van der Waals surface area contributed by atoms with Gasteiger partial charge in [-0.15, -0.1) is 0 Å². The summed E-state index contributed by atoms with van der Waals surface area (Å²) in [5, 5.41) is 10.2. The average Bonchev–Trinajstić information content (AvgIpc) is 2.21.